The van der Waals surface area contributed by atoms with E-state index in [1.165, 1.54) is 178 Å². The zero-order chi connectivity index (χ0) is 111. The number of hydrogen-bond donors (Lipinski definition) is 1. The summed E-state index contributed by atoms with van der Waals surface area (Å²) in [5.41, 5.74) is 9.98. The predicted octanol–water partition coefficient (Wildman–Crippen LogP) is 34.8. The van der Waals surface area contributed by atoms with Crippen molar-refractivity contribution in [1.29, 1.82) is 0 Å². The number of nitrogens with one attached hydrogen (secondary N) is 1. The predicted molar refractivity (Wildman–Crippen MR) is 642 cm³/mol. The van der Waals surface area contributed by atoms with Gasteiger partial charge in [0, 0.05) is 137 Å². The van der Waals surface area contributed by atoms with Gasteiger partial charge in [-0.2, -0.15) is 25.2 Å². The molecule has 0 radical (unpaired) electrons. The zero-order valence-electron chi connectivity index (χ0n) is 103. The summed E-state index contributed by atoms with van der Waals surface area (Å²) < 4.78 is 2.21. The lowest BCUT2D eigenvalue weighted by atomic mass is 9.72. The molecule has 2 saturated carbocycles. The van der Waals surface area contributed by atoms with E-state index in [9.17, 15) is 9.59 Å². The topological polar surface area (TPSA) is 167 Å². The monoisotopic (exact) mass is 2050 g/mol. The SMILES string of the molecule is C.C=C1CC(CC(C)(C)C)=NO1.CC(=O)N1CCC(C(C)(C)C)CC1.CC(C)(C)C1CCCCC1.CC(C)(C)C1CCCCC1.CC(C)(C)CC(=O)C1CCCN1.CC(C)(C)CC1=NN=CC1.CC(C)(C)CN1CCC1.CC(C)(C)CN1CCCCC1.CC(C)(C)Cn1cccc1.CC(C)(C)Cn1nccn1.CC(C)(C)c1ccccn1.CC(C)(C)c1cccnc1.CC(C)(C)c1cccs1.CC1CN(CC(C)(C)C)C1. The minimum atomic E-state index is 0. The second kappa shape index (κ2) is 66.1. The van der Waals surface area contributed by atoms with Gasteiger partial charge in [-0.25, -0.2) is 0 Å². The molecule has 146 heavy (non-hydrogen) atoms. The van der Waals surface area contributed by atoms with Crippen LogP contribution in [0.15, 0.2) is 131 Å². The number of thiophene rings is 1. The van der Waals surface area contributed by atoms with Crippen LogP contribution in [-0.2, 0) is 43.8 Å². The maximum absolute atomic E-state index is 11.6. The highest BCUT2D eigenvalue weighted by molar-refractivity contribution is 7.10. The van der Waals surface area contributed by atoms with Crippen molar-refractivity contribution in [3.8, 4) is 0 Å². The maximum Gasteiger partial charge on any atom is 0.219 e. The lowest BCUT2D eigenvalue weighted by Crippen LogP contribution is -2.48. The third-order valence-corrected chi connectivity index (χ3v) is 27.3. The molecule has 14 rings (SSSR count). The number of carbonyl (C=O) groups is 2. The van der Waals surface area contributed by atoms with E-state index in [2.05, 4.69) is 419 Å². The highest BCUT2D eigenvalue weighted by Crippen LogP contribution is 2.40. The number of hydrogen-bond acceptors (Lipinski definition) is 15. The number of piperidine rings is 2. The zero-order valence-corrected chi connectivity index (χ0v) is 104. The molecule has 5 saturated heterocycles. The summed E-state index contributed by atoms with van der Waals surface area (Å²) in [7, 11) is 0. The Hall–Kier alpha value is -6.05. The number of nitrogens with zero attached hydrogens (tertiary/aromatic N) is 13. The number of rotatable bonds is 9. The lowest BCUT2D eigenvalue weighted by Gasteiger charge is -2.41. The molecule has 1 amide bonds. The molecule has 5 aromatic rings. The second-order valence-corrected chi connectivity index (χ2v) is 60.1. The van der Waals surface area contributed by atoms with E-state index in [1.54, 1.807) is 30.3 Å². The first-order chi connectivity index (χ1) is 66.3. The average molecular weight is 2050 g/mol. The van der Waals surface area contributed by atoms with E-state index in [-0.39, 0.29) is 41.0 Å². The highest BCUT2D eigenvalue weighted by atomic mass is 32.1. The van der Waals surface area contributed by atoms with Crippen LogP contribution in [0.5, 0.6) is 0 Å². The van der Waals surface area contributed by atoms with Crippen molar-refractivity contribution in [3.05, 3.63) is 132 Å². The molecule has 18 heteroatoms. The van der Waals surface area contributed by atoms with Gasteiger partial charge in [0.1, 0.15) is 11.5 Å². The van der Waals surface area contributed by atoms with Gasteiger partial charge in [-0.15, -0.1) is 11.3 Å². The van der Waals surface area contributed by atoms with Crippen LogP contribution in [-0.4, -0.2) is 163 Å². The van der Waals surface area contributed by atoms with Gasteiger partial charge in [0.2, 0.25) is 5.91 Å². The minimum absolute atomic E-state index is 0. The molecular formula is C128H236N14O3S. The average Bonchev–Trinajstić information content (AvgIpc) is 0.963. The van der Waals surface area contributed by atoms with Gasteiger partial charge >= 0.3 is 0 Å². The summed E-state index contributed by atoms with van der Waals surface area (Å²) in [5, 5.41) is 25.1. The first kappa shape index (κ1) is 140. The molecule has 17 nitrogen and oxygen atoms in total. The minimum Gasteiger partial charge on any atom is -0.362 e. The number of aromatic nitrogens is 6. The standard InChI is InChI=1S/C11H21NO.C10H19NO.C10H21N.2C10H20.C9H15NO.C9H19N.C9H13N.C9H15N.C9H13N.C8H14N2.C8H17N.C8H12S.C7H13N3.CH4/c1-9(13)12-7-5-10(6-8-12)11(2,3)4;1-10(2,3)7-9(12)8-5-4-6-11-8;1-10(2,3)9-11-7-5-4-6-8-11;2*1-10(2,3)9-7-5-4-6-8-9;1-7-5-8(10-11-7)6-9(2,3)4;1-8-5-10(6-8)7-9(2,3)4;1-9(2,3)8-5-4-6-10-7-8;1-9(2,3)8-10-6-4-5-7-10;1-9(2,3)8-6-4-5-7-10-8;1-8(2,3)6-7-4-5-9-10-7;1-8(2,3)7-9-5-4-6-9;1-8(2,3)7-5-4-6-9-7;1-7(2,3)6-10-8-4-5-9-10;/h10H,5-8H2,1-4H3;8,11H,4-7H2,1-3H3;4-9H2,1-3H3;2*9H,4-8H2,1-3H3;1,5-6H2,2-4H3;8H,5-7H2,1-4H3;4-7H,1-3H3;4-7H,8H2,1-3H3;4-7H,1-3H3;5H,4,6H2,1-3H3;4-7H2,1-3H3;4-6H,1-3H3;4-5H,6H2,1-3H3;1H4. The Labute approximate surface area is 907 Å². The summed E-state index contributed by atoms with van der Waals surface area (Å²) in [6.07, 6.45) is 44.5. The fourth-order valence-electron chi connectivity index (χ4n) is 18.5. The van der Waals surface area contributed by atoms with Crippen LogP contribution < -0.4 is 5.32 Å². The van der Waals surface area contributed by atoms with Crippen molar-refractivity contribution >= 4 is 40.7 Å². The van der Waals surface area contributed by atoms with Crippen LogP contribution in [0.2, 0.25) is 0 Å². The largest absolute Gasteiger partial charge is 0.362 e. The summed E-state index contributed by atoms with van der Waals surface area (Å²) in [5.74, 6) is 5.12. The lowest BCUT2D eigenvalue weighted by molar-refractivity contribution is -0.130. The molecule has 1 unspecified atom stereocenters. The smallest absolute Gasteiger partial charge is 0.219 e. The molecule has 5 aromatic heterocycles. The fraction of sp³-hybridized carbons (Fsp3) is 0.789. The maximum atomic E-state index is 11.6. The van der Waals surface area contributed by atoms with E-state index >= 15 is 0 Å². The Kier molecular flexibility index (Phi) is 63.4. The van der Waals surface area contributed by atoms with Crippen molar-refractivity contribution in [2.45, 2.75) is 495 Å². The number of oxime groups is 1. The number of likely N-dealkylation sites (tertiary alicyclic amines) is 4. The molecule has 7 fully saturated rings. The van der Waals surface area contributed by atoms with Gasteiger partial charge < -0.3 is 34.3 Å². The van der Waals surface area contributed by atoms with E-state index in [0.29, 0.717) is 66.4 Å². The van der Waals surface area contributed by atoms with Gasteiger partial charge in [-0.1, -0.05) is 380 Å². The first-order valence-corrected chi connectivity index (χ1v) is 57.6. The third kappa shape index (κ3) is 74.8. The number of ketones is 1. The Balaban J connectivity index is 0.00000155. The van der Waals surface area contributed by atoms with Crippen molar-refractivity contribution in [2.24, 2.45) is 98.6 Å². The van der Waals surface area contributed by atoms with Gasteiger partial charge in [0.05, 0.1) is 30.7 Å². The fourth-order valence-corrected chi connectivity index (χ4v) is 19.3. The molecule has 0 bridgehead atoms. The van der Waals surface area contributed by atoms with E-state index in [0.717, 1.165) is 112 Å². The van der Waals surface area contributed by atoms with Crippen molar-refractivity contribution in [2.75, 3.05) is 78.5 Å². The molecular weight excluding hydrogens is 1810 g/mol. The summed E-state index contributed by atoms with van der Waals surface area (Å²) in [6, 6.07) is 18.7. The van der Waals surface area contributed by atoms with Gasteiger partial charge in [-0.05, 0) is 258 Å². The molecule has 1 atom stereocenters. The van der Waals surface area contributed by atoms with Gasteiger partial charge in [-0.3, -0.25) is 19.6 Å². The van der Waals surface area contributed by atoms with Crippen LogP contribution in [0.1, 0.15) is 476 Å². The molecule has 12 heterocycles. The Morgan fingerprint density at radius 3 is 1.19 bits per heavy atom. The van der Waals surface area contributed by atoms with Crippen LogP contribution in [0.25, 0.3) is 0 Å². The molecule has 1 N–H and O–H groups in total. The van der Waals surface area contributed by atoms with E-state index in [1.807, 2.05) is 53.0 Å². The van der Waals surface area contributed by atoms with Crippen molar-refractivity contribution < 1.29 is 14.4 Å². The Bertz CT molecular complexity index is 4090. The second-order valence-electron chi connectivity index (χ2n) is 59.2. The normalized spacial score (nSPS) is 18.1. The highest BCUT2D eigenvalue weighted by Gasteiger charge is 2.33. The van der Waals surface area contributed by atoms with Gasteiger partial charge in [0.15, 0.2) is 0 Å². The van der Waals surface area contributed by atoms with E-state index in [4.69, 9.17) is 4.84 Å². The number of Topliss-reactive ketones (excluding diaryl/α,β-unsaturated/α-hetero) is 1. The quantitative estimate of drug-likeness (QED) is 0.149. The van der Waals surface area contributed by atoms with Crippen LogP contribution in [0, 0.1) is 83.2 Å². The van der Waals surface area contributed by atoms with Crippen molar-refractivity contribution in [3.63, 3.8) is 0 Å². The van der Waals surface area contributed by atoms with Crippen LogP contribution in [0.3, 0.4) is 0 Å². The molecule has 0 aromatic carbocycles. The molecule has 2 aliphatic carbocycles. The summed E-state index contributed by atoms with van der Waals surface area (Å²) >= 11 is 1.83. The summed E-state index contributed by atoms with van der Waals surface area (Å²) in [6.45, 7) is 119. The van der Waals surface area contributed by atoms with Crippen molar-refractivity contribution in [1.82, 2.24) is 54.4 Å². The Morgan fingerprint density at radius 2 is 0.890 bits per heavy atom. The molecule has 7 aliphatic heterocycles. The van der Waals surface area contributed by atoms with Crippen LogP contribution in [0.4, 0.5) is 0 Å². The number of carbonyl (C=O) groups excluding carboxylic acids is 2. The van der Waals surface area contributed by atoms with E-state index < -0.39 is 0 Å². The first-order valence-electron chi connectivity index (χ1n) is 56.7. The Morgan fingerprint density at radius 1 is 0.438 bits per heavy atom. The summed E-state index contributed by atoms with van der Waals surface area (Å²) in [4.78, 5) is 48.7. The molecule has 842 valence electrons. The molecule has 9 aliphatic rings. The molecule has 0 spiro atoms. The van der Waals surface area contributed by atoms with Gasteiger partial charge in [0.25, 0.3) is 0 Å². The third-order valence-electron chi connectivity index (χ3n) is 26.0. The number of pyridine rings is 2. The van der Waals surface area contributed by atoms with Crippen LogP contribution >= 0.6 is 11.3 Å². The number of amides is 1. The number of allylic oxidation sites excluding steroid dienone is 1.